The smallest absolute Gasteiger partial charge is 0.195 e. The lowest BCUT2D eigenvalue weighted by molar-refractivity contribution is 0.0410. The molecule has 3 aromatic rings. The van der Waals surface area contributed by atoms with Gasteiger partial charge in [0.05, 0.1) is 18.9 Å². The van der Waals surface area contributed by atoms with Crippen molar-refractivity contribution in [2.75, 3.05) is 38.6 Å². The topological polar surface area (TPSA) is 52.4 Å². The molecule has 0 N–H and O–H groups in total. The maximum Gasteiger partial charge on any atom is 0.195 e. The van der Waals surface area contributed by atoms with E-state index in [4.69, 9.17) is 21.1 Å². The predicted octanol–water partition coefficient (Wildman–Crippen LogP) is 4.23. The van der Waals surface area contributed by atoms with Crippen LogP contribution in [-0.2, 0) is 11.3 Å². The van der Waals surface area contributed by atoms with Gasteiger partial charge in [0.2, 0.25) is 0 Å². The van der Waals surface area contributed by atoms with E-state index in [0.29, 0.717) is 11.6 Å². The third kappa shape index (κ3) is 5.35. The summed E-state index contributed by atoms with van der Waals surface area (Å²) < 4.78 is 13.5. The van der Waals surface area contributed by atoms with Crippen LogP contribution in [0.5, 0.6) is 5.75 Å². The average Bonchev–Trinajstić information content (AvgIpc) is 3.17. The van der Waals surface area contributed by atoms with E-state index in [9.17, 15) is 0 Å². The molecule has 1 saturated heterocycles. The van der Waals surface area contributed by atoms with E-state index in [1.165, 1.54) is 0 Å². The molecule has 8 heteroatoms. The van der Waals surface area contributed by atoms with Crippen LogP contribution in [-0.4, -0.2) is 58.3 Å². The SMILES string of the molecule is Cc1ccccc1OCc1nnc(SCCN2CCOCC2)n1-c1cccc(Cl)c1. The summed E-state index contributed by atoms with van der Waals surface area (Å²) >= 11 is 7.95. The van der Waals surface area contributed by atoms with Gasteiger partial charge < -0.3 is 9.47 Å². The normalized spacial score (nSPS) is 14.7. The summed E-state index contributed by atoms with van der Waals surface area (Å²) in [4.78, 5) is 2.42. The standard InChI is InChI=1S/C22H25ClN4O2S/c1-17-5-2-3-8-20(17)29-16-21-24-25-22(27(21)19-7-4-6-18(23)15-19)30-14-11-26-9-12-28-13-10-26/h2-8,15H,9-14,16H2,1H3. The molecular weight excluding hydrogens is 420 g/mol. The van der Waals surface area contributed by atoms with Crippen molar-refractivity contribution < 1.29 is 9.47 Å². The summed E-state index contributed by atoms with van der Waals surface area (Å²) in [5.41, 5.74) is 2.02. The zero-order valence-electron chi connectivity index (χ0n) is 17.0. The summed E-state index contributed by atoms with van der Waals surface area (Å²) in [5.74, 6) is 2.52. The first kappa shape index (κ1) is 21.2. The van der Waals surface area contributed by atoms with Gasteiger partial charge in [-0.2, -0.15) is 0 Å². The fourth-order valence-electron chi connectivity index (χ4n) is 3.31. The predicted molar refractivity (Wildman–Crippen MR) is 120 cm³/mol. The number of benzene rings is 2. The average molecular weight is 445 g/mol. The summed E-state index contributed by atoms with van der Waals surface area (Å²) in [7, 11) is 0. The molecule has 0 atom stereocenters. The summed E-state index contributed by atoms with van der Waals surface area (Å²) in [6.45, 7) is 6.94. The van der Waals surface area contributed by atoms with Crippen molar-refractivity contribution in [3.8, 4) is 11.4 Å². The van der Waals surface area contributed by atoms with E-state index < -0.39 is 0 Å². The molecule has 0 saturated carbocycles. The molecule has 1 aromatic heterocycles. The van der Waals surface area contributed by atoms with Crippen LogP contribution in [0.15, 0.2) is 53.7 Å². The highest BCUT2D eigenvalue weighted by atomic mass is 35.5. The lowest BCUT2D eigenvalue weighted by Crippen LogP contribution is -2.37. The molecule has 0 amide bonds. The summed E-state index contributed by atoms with van der Waals surface area (Å²) in [5, 5.41) is 10.4. The van der Waals surface area contributed by atoms with Gasteiger partial charge in [0.1, 0.15) is 12.4 Å². The van der Waals surface area contributed by atoms with E-state index >= 15 is 0 Å². The van der Waals surface area contributed by atoms with Gasteiger partial charge in [-0.25, -0.2) is 0 Å². The Labute approximate surface area is 186 Å². The highest BCUT2D eigenvalue weighted by Crippen LogP contribution is 2.25. The fraction of sp³-hybridized carbons (Fsp3) is 0.364. The van der Waals surface area contributed by atoms with Crippen molar-refractivity contribution in [3.05, 3.63) is 64.9 Å². The number of morpholine rings is 1. The van der Waals surface area contributed by atoms with Gasteiger partial charge in [-0.05, 0) is 36.8 Å². The molecule has 0 aliphatic carbocycles. The number of ether oxygens (including phenoxy) is 2. The molecule has 0 unspecified atom stereocenters. The Kier molecular flexibility index (Phi) is 7.28. The molecule has 4 rings (SSSR count). The third-order valence-electron chi connectivity index (χ3n) is 4.96. The van der Waals surface area contributed by atoms with E-state index in [-0.39, 0.29) is 0 Å². The highest BCUT2D eigenvalue weighted by molar-refractivity contribution is 7.99. The van der Waals surface area contributed by atoms with E-state index in [1.807, 2.05) is 60.0 Å². The zero-order chi connectivity index (χ0) is 20.8. The number of aromatic nitrogens is 3. The Hall–Kier alpha value is -2.06. The molecule has 6 nitrogen and oxygen atoms in total. The van der Waals surface area contributed by atoms with E-state index in [0.717, 1.165) is 66.6 Å². The first-order valence-corrected chi connectivity index (χ1v) is 11.4. The molecule has 0 spiro atoms. The lowest BCUT2D eigenvalue weighted by Gasteiger charge is -2.26. The highest BCUT2D eigenvalue weighted by Gasteiger charge is 2.17. The molecule has 1 fully saturated rings. The summed E-state index contributed by atoms with van der Waals surface area (Å²) in [6, 6.07) is 15.7. The number of nitrogens with zero attached hydrogens (tertiary/aromatic N) is 4. The van der Waals surface area contributed by atoms with Gasteiger partial charge in [0.15, 0.2) is 11.0 Å². The second-order valence-electron chi connectivity index (χ2n) is 7.07. The summed E-state index contributed by atoms with van der Waals surface area (Å²) in [6.07, 6.45) is 0. The van der Waals surface area contributed by atoms with Crippen molar-refractivity contribution in [1.82, 2.24) is 19.7 Å². The largest absolute Gasteiger partial charge is 0.485 e. The molecule has 1 aliphatic rings. The Balaban J connectivity index is 1.51. The van der Waals surface area contributed by atoms with Crippen LogP contribution >= 0.6 is 23.4 Å². The van der Waals surface area contributed by atoms with Gasteiger partial charge in [0.25, 0.3) is 0 Å². The second-order valence-corrected chi connectivity index (χ2v) is 8.57. The Morgan fingerprint density at radius 2 is 1.93 bits per heavy atom. The molecule has 0 bridgehead atoms. The second kappa shape index (κ2) is 10.3. The van der Waals surface area contributed by atoms with Gasteiger partial charge in [0, 0.05) is 30.4 Å². The van der Waals surface area contributed by atoms with Crippen molar-refractivity contribution >= 4 is 23.4 Å². The number of para-hydroxylation sites is 1. The maximum absolute atomic E-state index is 6.26. The molecular formula is C22H25ClN4O2S. The zero-order valence-corrected chi connectivity index (χ0v) is 18.5. The molecule has 30 heavy (non-hydrogen) atoms. The Morgan fingerprint density at radius 3 is 2.73 bits per heavy atom. The van der Waals surface area contributed by atoms with Gasteiger partial charge in [-0.3, -0.25) is 9.47 Å². The Morgan fingerprint density at radius 1 is 1.10 bits per heavy atom. The first-order chi connectivity index (χ1) is 14.7. The number of rotatable bonds is 8. The van der Waals surface area contributed by atoms with E-state index in [1.54, 1.807) is 11.8 Å². The molecule has 0 radical (unpaired) electrons. The van der Waals surface area contributed by atoms with Crippen LogP contribution in [0.2, 0.25) is 5.02 Å². The maximum atomic E-state index is 6.26. The fourth-order valence-corrected chi connectivity index (χ4v) is 4.47. The van der Waals surface area contributed by atoms with Gasteiger partial charge >= 0.3 is 0 Å². The van der Waals surface area contributed by atoms with Crippen molar-refractivity contribution in [3.63, 3.8) is 0 Å². The number of halogens is 1. The molecule has 158 valence electrons. The quantitative estimate of drug-likeness (QED) is 0.484. The van der Waals surface area contributed by atoms with Crippen LogP contribution in [0.25, 0.3) is 5.69 Å². The number of aryl methyl sites for hydroxylation is 1. The van der Waals surface area contributed by atoms with Crippen LogP contribution in [0, 0.1) is 6.92 Å². The van der Waals surface area contributed by atoms with Crippen LogP contribution in [0.1, 0.15) is 11.4 Å². The number of thioether (sulfide) groups is 1. The van der Waals surface area contributed by atoms with Crippen molar-refractivity contribution in [2.45, 2.75) is 18.7 Å². The van der Waals surface area contributed by atoms with Crippen LogP contribution in [0.3, 0.4) is 0 Å². The van der Waals surface area contributed by atoms with Crippen LogP contribution < -0.4 is 4.74 Å². The number of hydrogen-bond donors (Lipinski definition) is 0. The monoisotopic (exact) mass is 444 g/mol. The minimum absolute atomic E-state index is 0.328. The van der Waals surface area contributed by atoms with Gasteiger partial charge in [-0.1, -0.05) is 47.6 Å². The molecule has 1 aliphatic heterocycles. The van der Waals surface area contributed by atoms with Crippen molar-refractivity contribution in [1.29, 1.82) is 0 Å². The first-order valence-electron chi connectivity index (χ1n) is 10.0. The van der Waals surface area contributed by atoms with Gasteiger partial charge in [-0.15, -0.1) is 10.2 Å². The minimum atomic E-state index is 0.328. The third-order valence-corrected chi connectivity index (χ3v) is 6.10. The Bertz CT molecular complexity index is 975. The molecule has 2 aromatic carbocycles. The van der Waals surface area contributed by atoms with Crippen LogP contribution in [0.4, 0.5) is 0 Å². The molecule has 2 heterocycles. The minimum Gasteiger partial charge on any atom is -0.485 e. The van der Waals surface area contributed by atoms with Crippen molar-refractivity contribution in [2.24, 2.45) is 0 Å². The number of hydrogen-bond acceptors (Lipinski definition) is 6. The lowest BCUT2D eigenvalue weighted by atomic mass is 10.2. The van der Waals surface area contributed by atoms with E-state index in [2.05, 4.69) is 15.1 Å².